The second-order valence-electron chi connectivity index (χ2n) is 8.68. The molecule has 39 heavy (non-hydrogen) atoms. The minimum Gasteiger partial charge on any atom is -0.494 e. The molecule has 2 N–H and O–H groups in total. The molecule has 0 saturated heterocycles. The van der Waals surface area contributed by atoms with Crippen molar-refractivity contribution in [2.24, 2.45) is 0 Å². The van der Waals surface area contributed by atoms with Crippen LogP contribution in [0.2, 0.25) is 0 Å². The monoisotopic (exact) mass is 538 g/mol. The summed E-state index contributed by atoms with van der Waals surface area (Å²) in [6, 6.07) is 13.7. The smallest absolute Gasteiger partial charge is 0.255 e. The van der Waals surface area contributed by atoms with E-state index in [4.69, 9.17) is 14.2 Å². The highest BCUT2D eigenvalue weighted by Gasteiger charge is 2.25. The Morgan fingerprint density at radius 1 is 1.05 bits per heavy atom. The molecule has 1 amide bonds. The predicted molar refractivity (Wildman–Crippen MR) is 139 cm³/mol. The summed E-state index contributed by atoms with van der Waals surface area (Å²) >= 11 is 0. The van der Waals surface area contributed by atoms with Crippen LogP contribution in [-0.4, -0.2) is 48.6 Å². The van der Waals surface area contributed by atoms with Crippen LogP contribution in [0.4, 0.5) is 8.78 Å². The SMILES string of the molecule is COCC(c1ccc(Cn2ccccc2=O)cc1)c1[nH]ncc1C(=O)NCc1c(F)c(OC)cc(OC)c1F. The highest BCUT2D eigenvalue weighted by Crippen LogP contribution is 2.31. The number of rotatable bonds is 11. The number of benzene rings is 2. The van der Waals surface area contributed by atoms with Crippen LogP contribution in [0.1, 0.15) is 38.7 Å². The number of hydrogen-bond donors (Lipinski definition) is 2. The maximum Gasteiger partial charge on any atom is 0.255 e. The number of amides is 1. The summed E-state index contributed by atoms with van der Waals surface area (Å²) in [6.45, 7) is 0.197. The Morgan fingerprint density at radius 2 is 1.74 bits per heavy atom. The zero-order chi connectivity index (χ0) is 27.9. The average molecular weight is 539 g/mol. The number of methoxy groups -OCH3 is 3. The maximum atomic E-state index is 14.7. The highest BCUT2D eigenvalue weighted by atomic mass is 19.1. The Labute approximate surface area is 223 Å². The minimum atomic E-state index is -0.932. The number of H-pyrrole nitrogens is 1. The Hall–Kier alpha value is -4.51. The molecule has 0 radical (unpaired) electrons. The molecule has 204 valence electrons. The predicted octanol–water partition coefficient (Wildman–Crippen LogP) is 3.62. The van der Waals surface area contributed by atoms with Gasteiger partial charge in [-0.3, -0.25) is 14.7 Å². The van der Waals surface area contributed by atoms with Gasteiger partial charge in [-0.25, -0.2) is 8.78 Å². The summed E-state index contributed by atoms with van der Waals surface area (Å²) in [5.74, 6) is -3.25. The van der Waals surface area contributed by atoms with Crippen molar-refractivity contribution in [2.75, 3.05) is 27.9 Å². The molecule has 11 heteroatoms. The van der Waals surface area contributed by atoms with E-state index in [0.29, 0.717) is 12.2 Å². The lowest BCUT2D eigenvalue weighted by Gasteiger charge is -2.18. The van der Waals surface area contributed by atoms with Crippen LogP contribution in [0.15, 0.2) is 65.7 Å². The van der Waals surface area contributed by atoms with E-state index >= 15 is 0 Å². The maximum absolute atomic E-state index is 14.7. The van der Waals surface area contributed by atoms with Gasteiger partial charge in [0.15, 0.2) is 23.1 Å². The molecule has 0 aliphatic carbocycles. The van der Waals surface area contributed by atoms with Crippen molar-refractivity contribution >= 4 is 5.91 Å². The van der Waals surface area contributed by atoms with Crippen molar-refractivity contribution < 1.29 is 27.8 Å². The molecule has 2 heterocycles. The molecule has 0 saturated carbocycles. The van der Waals surface area contributed by atoms with Gasteiger partial charge in [-0.1, -0.05) is 30.3 Å². The van der Waals surface area contributed by atoms with Crippen LogP contribution in [0.25, 0.3) is 0 Å². The van der Waals surface area contributed by atoms with E-state index in [1.54, 1.807) is 30.0 Å². The lowest BCUT2D eigenvalue weighted by atomic mass is 9.93. The molecule has 4 rings (SSSR count). The first kappa shape index (κ1) is 27.5. The van der Waals surface area contributed by atoms with Crippen LogP contribution in [0.5, 0.6) is 11.5 Å². The van der Waals surface area contributed by atoms with Gasteiger partial charge < -0.3 is 24.1 Å². The van der Waals surface area contributed by atoms with Gasteiger partial charge in [-0.05, 0) is 17.2 Å². The molecule has 2 aromatic heterocycles. The molecular formula is C28H28F2N4O5. The third kappa shape index (κ3) is 5.99. The van der Waals surface area contributed by atoms with Gasteiger partial charge in [0.25, 0.3) is 11.5 Å². The van der Waals surface area contributed by atoms with Gasteiger partial charge in [0.05, 0.1) is 50.4 Å². The van der Waals surface area contributed by atoms with Crippen molar-refractivity contribution in [3.05, 3.63) is 111 Å². The van der Waals surface area contributed by atoms with Crippen LogP contribution in [0, 0.1) is 11.6 Å². The highest BCUT2D eigenvalue weighted by molar-refractivity contribution is 5.95. The normalized spacial score (nSPS) is 11.7. The van der Waals surface area contributed by atoms with Gasteiger partial charge >= 0.3 is 0 Å². The number of carbonyl (C=O) groups excluding carboxylic acids is 1. The van der Waals surface area contributed by atoms with Gasteiger partial charge in [-0.2, -0.15) is 5.10 Å². The van der Waals surface area contributed by atoms with E-state index < -0.39 is 35.6 Å². The van der Waals surface area contributed by atoms with E-state index in [0.717, 1.165) is 17.2 Å². The van der Waals surface area contributed by atoms with E-state index in [1.165, 1.54) is 26.5 Å². The van der Waals surface area contributed by atoms with Crippen molar-refractivity contribution in [3.63, 3.8) is 0 Å². The zero-order valence-corrected chi connectivity index (χ0v) is 21.7. The number of aromatic amines is 1. The molecule has 0 aliphatic rings. The topological polar surface area (TPSA) is 107 Å². The molecule has 0 fully saturated rings. The van der Waals surface area contributed by atoms with Gasteiger partial charge in [0.1, 0.15) is 0 Å². The summed E-state index contributed by atoms with van der Waals surface area (Å²) in [4.78, 5) is 25.1. The molecule has 4 aromatic rings. The quantitative estimate of drug-likeness (QED) is 0.302. The van der Waals surface area contributed by atoms with Crippen LogP contribution in [0.3, 0.4) is 0 Å². The van der Waals surface area contributed by atoms with Crippen LogP contribution >= 0.6 is 0 Å². The van der Waals surface area contributed by atoms with Crippen LogP contribution in [-0.2, 0) is 17.8 Å². The van der Waals surface area contributed by atoms with Crippen LogP contribution < -0.4 is 20.3 Å². The molecule has 1 atom stereocenters. The number of pyridine rings is 1. The molecule has 0 spiro atoms. The number of carbonyl (C=O) groups is 1. The molecule has 0 aliphatic heterocycles. The van der Waals surface area contributed by atoms with E-state index in [1.807, 2.05) is 24.3 Å². The fourth-order valence-electron chi connectivity index (χ4n) is 4.25. The van der Waals surface area contributed by atoms with Gasteiger partial charge in [0, 0.05) is 37.9 Å². The fourth-order valence-corrected chi connectivity index (χ4v) is 4.25. The fraction of sp³-hybridized carbons (Fsp3) is 0.250. The first-order chi connectivity index (χ1) is 18.9. The lowest BCUT2D eigenvalue weighted by Crippen LogP contribution is -2.26. The Morgan fingerprint density at radius 3 is 2.36 bits per heavy atom. The minimum absolute atomic E-state index is 0.0981. The van der Waals surface area contributed by atoms with Crippen molar-refractivity contribution in [1.29, 1.82) is 0 Å². The van der Waals surface area contributed by atoms with Gasteiger partial charge in [-0.15, -0.1) is 0 Å². The largest absolute Gasteiger partial charge is 0.494 e. The lowest BCUT2D eigenvalue weighted by molar-refractivity contribution is 0.0948. The molecule has 1 unspecified atom stereocenters. The number of nitrogens with one attached hydrogen (secondary N) is 2. The summed E-state index contributed by atoms with van der Waals surface area (Å²) < 4.78 is 46.4. The number of ether oxygens (including phenoxy) is 3. The van der Waals surface area contributed by atoms with Crippen molar-refractivity contribution in [1.82, 2.24) is 20.1 Å². The summed E-state index contributed by atoms with van der Waals surface area (Å²) in [5, 5.41) is 9.45. The third-order valence-corrected chi connectivity index (χ3v) is 6.32. The van der Waals surface area contributed by atoms with E-state index in [2.05, 4.69) is 15.5 Å². The molecule has 0 bridgehead atoms. The third-order valence-electron chi connectivity index (χ3n) is 6.32. The second kappa shape index (κ2) is 12.4. The van der Waals surface area contributed by atoms with E-state index in [9.17, 15) is 18.4 Å². The second-order valence-corrected chi connectivity index (χ2v) is 8.68. The molecular weight excluding hydrogens is 510 g/mol. The first-order valence-electron chi connectivity index (χ1n) is 12.0. The molecule has 2 aromatic carbocycles. The average Bonchev–Trinajstić information content (AvgIpc) is 3.43. The van der Waals surface area contributed by atoms with Crippen molar-refractivity contribution in [2.45, 2.75) is 19.0 Å². The Balaban J connectivity index is 1.55. The molecule has 9 nitrogen and oxygen atoms in total. The summed E-state index contributed by atoms with van der Waals surface area (Å²) in [5.41, 5.74) is 1.95. The summed E-state index contributed by atoms with van der Waals surface area (Å²) in [6.07, 6.45) is 3.07. The zero-order valence-electron chi connectivity index (χ0n) is 21.7. The number of aromatic nitrogens is 3. The Bertz CT molecular complexity index is 1470. The number of nitrogens with zero attached hydrogens (tertiary/aromatic N) is 2. The number of hydrogen-bond acceptors (Lipinski definition) is 6. The van der Waals surface area contributed by atoms with Gasteiger partial charge in [0.2, 0.25) is 0 Å². The Kier molecular flexibility index (Phi) is 8.72. The van der Waals surface area contributed by atoms with Crippen molar-refractivity contribution in [3.8, 4) is 11.5 Å². The number of halogens is 2. The van der Waals surface area contributed by atoms with E-state index in [-0.39, 0.29) is 29.2 Å². The first-order valence-corrected chi connectivity index (χ1v) is 12.0. The summed E-state index contributed by atoms with van der Waals surface area (Å²) in [7, 11) is 4.04. The standard InChI is InChI=1S/C28H28F2N4O5/c1-37-16-21(18-9-7-17(8-10-18)15-34-11-5-4-6-24(34)35)27-20(14-32-33-27)28(36)31-13-19-25(29)22(38-2)12-23(39-3)26(19)30/h4-12,14,21H,13,15-16H2,1-3H3,(H,31,36)(H,32,33).